The first-order chi connectivity index (χ1) is 13.1. The van der Waals surface area contributed by atoms with Crippen molar-refractivity contribution in [2.24, 2.45) is 0 Å². The average molecular weight is 367 g/mol. The zero-order valence-corrected chi connectivity index (χ0v) is 16.2. The number of hydrogen-bond donors (Lipinski definition) is 1. The van der Waals surface area contributed by atoms with Gasteiger partial charge in [-0.3, -0.25) is 4.90 Å². The first kappa shape index (κ1) is 18.3. The largest absolute Gasteiger partial charge is 0.497 e. The molecule has 1 fully saturated rings. The van der Waals surface area contributed by atoms with Gasteiger partial charge in [0, 0.05) is 37.5 Å². The molecule has 4 rings (SSSR count). The number of likely N-dealkylation sites (tertiary alicyclic amines) is 1. The van der Waals surface area contributed by atoms with Crippen LogP contribution in [0.15, 0.2) is 48.5 Å². The van der Waals surface area contributed by atoms with Gasteiger partial charge >= 0.3 is 0 Å². The van der Waals surface area contributed by atoms with Crippen LogP contribution in [0, 0.1) is 0 Å². The topological polar surface area (TPSA) is 41.9 Å². The fourth-order valence-electron chi connectivity index (χ4n) is 4.42. The number of methoxy groups -OCH3 is 1. The minimum absolute atomic E-state index is 0.153. The monoisotopic (exact) mass is 367 g/mol. The smallest absolute Gasteiger partial charge is 0.123 e. The number of fused-ring (bicyclic) bond motifs is 1. The fourth-order valence-corrected chi connectivity index (χ4v) is 4.42. The van der Waals surface area contributed by atoms with Gasteiger partial charge in [-0.25, -0.2) is 0 Å². The summed E-state index contributed by atoms with van der Waals surface area (Å²) in [6, 6.07) is 16.4. The number of nitrogens with zero attached hydrogens (tertiary/aromatic N) is 1. The molecule has 4 nitrogen and oxygen atoms in total. The molecule has 1 saturated heterocycles. The molecule has 2 aromatic rings. The molecule has 0 bridgehead atoms. The van der Waals surface area contributed by atoms with E-state index in [2.05, 4.69) is 42.2 Å². The molecular formula is C23H29NO3. The van der Waals surface area contributed by atoms with Gasteiger partial charge in [-0.1, -0.05) is 37.3 Å². The molecule has 2 aromatic carbocycles. The van der Waals surface area contributed by atoms with Crippen molar-refractivity contribution in [1.82, 2.24) is 4.90 Å². The second-order valence-corrected chi connectivity index (χ2v) is 7.95. The van der Waals surface area contributed by atoms with Crippen LogP contribution in [0.5, 0.6) is 11.5 Å². The van der Waals surface area contributed by atoms with Crippen LogP contribution in [0.1, 0.15) is 36.8 Å². The SMILES string of the molecule is COc1ccc2c(c1)C[C@H](CN1CCC(O)(C(C)c3ccccc3)CC1)O2. The van der Waals surface area contributed by atoms with Gasteiger partial charge in [0.2, 0.25) is 0 Å². The van der Waals surface area contributed by atoms with E-state index in [1.54, 1.807) is 7.11 Å². The van der Waals surface area contributed by atoms with Crippen LogP contribution >= 0.6 is 0 Å². The molecule has 0 saturated carbocycles. The Balaban J connectivity index is 1.32. The molecule has 2 heterocycles. The summed E-state index contributed by atoms with van der Waals surface area (Å²) in [4.78, 5) is 2.43. The summed E-state index contributed by atoms with van der Waals surface area (Å²) in [5.74, 6) is 2.02. The zero-order valence-electron chi connectivity index (χ0n) is 16.2. The van der Waals surface area contributed by atoms with Gasteiger partial charge in [0.1, 0.15) is 17.6 Å². The maximum atomic E-state index is 11.2. The summed E-state index contributed by atoms with van der Waals surface area (Å²) < 4.78 is 11.4. The van der Waals surface area contributed by atoms with Crippen molar-refractivity contribution in [1.29, 1.82) is 0 Å². The van der Waals surface area contributed by atoms with Gasteiger partial charge < -0.3 is 14.6 Å². The fraction of sp³-hybridized carbons (Fsp3) is 0.478. The minimum Gasteiger partial charge on any atom is -0.497 e. The third kappa shape index (κ3) is 3.83. The van der Waals surface area contributed by atoms with Crippen LogP contribution in [0.2, 0.25) is 0 Å². The number of piperidine rings is 1. The maximum Gasteiger partial charge on any atom is 0.123 e. The molecule has 1 unspecified atom stereocenters. The summed E-state index contributed by atoms with van der Waals surface area (Å²) in [5, 5.41) is 11.2. The minimum atomic E-state index is -0.620. The van der Waals surface area contributed by atoms with E-state index in [1.165, 1.54) is 11.1 Å². The second-order valence-electron chi connectivity index (χ2n) is 7.95. The van der Waals surface area contributed by atoms with Gasteiger partial charge in [0.25, 0.3) is 0 Å². The lowest BCUT2D eigenvalue weighted by atomic mass is 9.77. The Labute approximate surface area is 161 Å². The average Bonchev–Trinajstić information content (AvgIpc) is 3.11. The highest BCUT2D eigenvalue weighted by Crippen LogP contribution is 2.37. The standard InChI is InChI=1S/C23H29NO3/c1-17(18-6-4-3-5-7-18)23(25)10-12-24(13-11-23)16-21-15-19-14-20(26-2)8-9-22(19)27-21/h3-9,14,17,21,25H,10-13,15-16H2,1-2H3/t17?,21-/m1/s1. The quantitative estimate of drug-likeness (QED) is 0.876. The van der Waals surface area contributed by atoms with Crippen LogP contribution in [0.25, 0.3) is 0 Å². The lowest BCUT2D eigenvalue weighted by molar-refractivity contribution is -0.0435. The highest BCUT2D eigenvalue weighted by molar-refractivity contribution is 5.43. The van der Waals surface area contributed by atoms with Gasteiger partial charge in [-0.2, -0.15) is 0 Å². The van der Waals surface area contributed by atoms with E-state index in [9.17, 15) is 5.11 Å². The molecule has 1 N–H and O–H groups in total. The van der Waals surface area contributed by atoms with Gasteiger partial charge in [0.15, 0.2) is 0 Å². The van der Waals surface area contributed by atoms with Crippen molar-refractivity contribution in [3.8, 4) is 11.5 Å². The first-order valence-corrected chi connectivity index (χ1v) is 9.91. The third-order valence-electron chi connectivity index (χ3n) is 6.30. The van der Waals surface area contributed by atoms with Crippen LogP contribution in [0.4, 0.5) is 0 Å². The molecule has 2 aliphatic rings. The van der Waals surface area contributed by atoms with Crippen LogP contribution in [0.3, 0.4) is 0 Å². The van der Waals surface area contributed by atoms with Crippen molar-refractivity contribution in [3.05, 3.63) is 59.7 Å². The van der Waals surface area contributed by atoms with E-state index < -0.39 is 5.60 Å². The number of ether oxygens (including phenoxy) is 2. The summed E-state index contributed by atoms with van der Waals surface area (Å²) >= 11 is 0. The Hall–Kier alpha value is -2.04. The highest BCUT2D eigenvalue weighted by atomic mass is 16.5. The van der Waals surface area contributed by atoms with E-state index in [4.69, 9.17) is 9.47 Å². The van der Waals surface area contributed by atoms with Crippen molar-refractivity contribution in [2.75, 3.05) is 26.7 Å². The first-order valence-electron chi connectivity index (χ1n) is 9.91. The second kappa shape index (κ2) is 7.53. The predicted molar refractivity (Wildman–Crippen MR) is 107 cm³/mol. The molecule has 0 aliphatic carbocycles. The van der Waals surface area contributed by atoms with Crippen molar-refractivity contribution < 1.29 is 14.6 Å². The van der Waals surface area contributed by atoms with Crippen LogP contribution in [-0.4, -0.2) is 48.5 Å². The molecule has 0 aromatic heterocycles. The molecule has 4 heteroatoms. The molecular weight excluding hydrogens is 338 g/mol. The van der Waals surface area contributed by atoms with Gasteiger partial charge in [0.05, 0.1) is 12.7 Å². The van der Waals surface area contributed by atoms with Crippen molar-refractivity contribution in [2.45, 2.75) is 43.8 Å². The molecule has 27 heavy (non-hydrogen) atoms. The summed E-state index contributed by atoms with van der Waals surface area (Å²) in [6.07, 6.45) is 2.71. The van der Waals surface area contributed by atoms with Crippen molar-refractivity contribution in [3.63, 3.8) is 0 Å². The lowest BCUT2D eigenvalue weighted by Crippen LogP contribution is -2.49. The number of benzene rings is 2. The van der Waals surface area contributed by atoms with Crippen molar-refractivity contribution >= 4 is 0 Å². The Bertz CT molecular complexity index is 768. The van der Waals surface area contributed by atoms with E-state index in [1.807, 2.05) is 18.2 Å². The third-order valence-corrected chi connectivity index (χ3v) is 6.30. The van der Waals surface area contributed by atoms with Gasteiger partial charge in [-0.15, -0.1) is 0 Å². The molecule has 0 spiro atoms. The number of hydrogen-bond acceptors (Lipinski definition) is 4. The van der Waals surface area contributed by atoms with E-state index >= 15 is 0 Å². The number of aliphatic hydroxyl groups is 1. The number of rotatable bonds is 5. The van der Waals surface area contributed by atoms with E-state index in [0.29, 0.717) is 0 Å². The summed E-state index contributed by atoms with van der Waals surface area (Å²) in [7, 11) is 1.69. The van der Waals surface area contributed by atoms with E-state index in [0.717, 1.165) is 50.4 Å². The summed E-state index contributed by atoms with van der Waals surface area (Å²) in [6.45, 7) is 4.88. The molecule has 144 valence electrons. The Morgan fingerprint density at radius 2 is 1.93 bits per heavy atom. The van der Waals surface area contributed by atoms with Crippen LogP contribution < -0.4 is 9.47 Å². The summed E-state index contributed by atoms with van der Waals surface area (Å²) in [5.41, 5.74) is 1.83. The van der Waals surface area contributed by atoms with Gasteiger partial charge in [-0.05, 0) is 36.6 Å². The Morgan fingerprint density at radius 3 is 2.63 bits per heavy atom. The Kier molecular flexibility index (Phi) is 5.11. The zero-order chi connectivity index (χ0) is 18.9. The molecule has 2 atom stereocenters. The predicted octanol–water partition coefficient (Wildman–Crippen LogP) is 3.63. The lowest BCUT2D eigenvalue weighted by Gasteiger charge is -2.42. The maximum absolute atomic E-state index is 11.2. The Morgan fingerprint density at radius 1 is 1.19 bits per heavy atom. The molecule has 2 aliphatic heterocycles. The van der Waals surface area contributed by atoms with E-state index in [-0.39, 0.29) is 12.0 Å². The molecule has 0 radical (unpaired) electrons. The molecule has 0 amide bonds. The van der Waals surface area contributed by atoms with Crippen LogP contribution in [-0.2, 0) is 6.42 Å². The normalized spacial score (nSPS) is 22.7. The highest BCUT2D eigenvalue weighted by Gasteiger charge is 2.38.